The average Bonchev–Trinajstić information content (AvgIpc) is 2.77. The lowest BCUT2D eigenvalue weighted by Gasteiger charge is -2.36. The number of nitrogens with one attached hydrogen (secondary N) is 1. The monoisotopic (exact) mass is 477 g/mol. The van der Waals surface area contributed by atoms with E-state index >= 15 is 0 Å². The molecule has 0 saturated carbocycles. The minimum Gasteiger partial charge on any atom is -0.340 e. The predicted octanol–water partition coefficient (Wildman–Crippen LogP) is 2.94. The fourth-order valence-electron chi connectivity index (χ4n) is 3.63. The van der Waals surface area contributed by atoms with Gasteiger partial charge in [-0.25, -0.2) is 8.42 Å². The molecule has 32 heavy (non-hydrogen) atoms. The van der Waals surface area contributed by atoms with Gasteiger partial charge >= 0.3 is 0 Å². The summed E-state index contributed by atoms with van der Waals surface area (Å²) in [6.45, 7) is 6.55. The second kappa shape index (κ2) is 10.0. The third-order valence-corrected chi connectivity index (χ3v) is 7.67. The van der Waals surface area contributed by atoms with Crippen LogP contribution in [0, 0.1) is 12.8 Å². The van der Waals surface area contributed by atoms with E-state index in [2.05, 4.69) is 5.32 Å². The van der Waals surface area contributed by atoms with Crippen molar-refractivity contribution < 1.29 is 18.0 Å². The van der Waals surface area contributed by atoms with Crippen LogP contribution >= 0.6 is 11.6 Å². The van der Waals surface area contributed by atoms with E-state index in [0.717, 1.165) is 5.56 Å². The van der Waals surface area contributed by atoms with Crippen LogP contribution in [0.15, 0.2) is 53.4 Å². The van der Waals surface area contributed by atoms with Crippen molar-refractivity contribution >= 4 is 33.4 Å². The van der Waals surface area contributed by atoms with E-state index in [4.69, 9.17) is 11.6 Å². The molecule has 1 atom stereocenters. The first-order valence-corrected chi connectivity index (χ1v) is 12.3. The Bertz CT molecular complexity index is 1080. The minimum atomic E-state index is -3.66. The zero-order chi connectivity index (χ0) is 23.5. The van der Waals surface area contributed by atoms with Crippen LogP contribution in [0.5, 0.6) is 0 Å². The Morgan fingerprint density at radius 2 is 1.62 bits per heavy atom. The van der Waals surface area contributed by atoms with Crippen LogP contribution in [-0.4, -0.2) is 61.7 Å². The summed E-state index contributed by atoms with van der Waals surface area (Å²) < 4.78 is 27.1. The quantitative estimate of drug-likeness (QED) is 0.693. The minimum absolute atomic E-state index is 0.118. The van der Waals surface area contributed by atoms with Gasteiger partial charge in [-0.1, -0.05) is 43.1 Å². The molecule has 2 aromatic carbocycles. The lowest BCUT2D eigenvalue weighted by molar-refractivity contribution is -0.135. The Kier molecular flexibility index (Phi) is 7.59. The first-order chi connectivity index (χ1) is 15.1. The first-order valence-electron chi connectivity index (χ1n) is 10.5. The summed E-state index contributed by atoms with van der Waals surface area (Å²) in [4.78, 5) is 27.6. The molecule has 0 spiro atoms. The molecule has 1 aliphatic rings. The Labute approximate surface area is 194 Å². The van der Waals surface area contributed by atoms with Gasteiger partial charge in [-0.3, -0.25) is 9.59 Å². The van der Waals surface area contributed by atoms with Gasteiger partial charge in [0.2, 0.25) is 15.9 Å². The van der Waals surface area contributed by atoms with E-state index in [1.165, 1.54) is 16.4 Å². The fourth-order valence-corrected chi connectivity index (χ4v) is 5.17. The maximum absolute atomic E-state index is 13.2. The van der Waals surface area contributed by atoms with Crippen LogP contribution in [0.2, 0.25) is 5.02 Å². The molecule has 1 fully saturated rings. The number of sulfonamides is 1. The summed E-state index contributed by atoms with van der Waals surface area (Å²) in [5.74, 6) is -0.624. The van der Waals surface area contributed by atoms with Crippen LogP contribution in [0.3, 0.4) is 0 Å². The average molecular weight is 478 g/mol. The van der Waals surface area contributed by atoms with Gasteiger partial charge in [-0.15, -0.1) is 0 Å². The van der Waals surface area contributed by atoms with Gasteiger partial charge in [0.1, 0.15) is 6.04 Å². The molecule has 2 amide bonds. The second-order valence-corrected chi connectivity index (χ2v) is 10.6. The third kappa shape index (κ3) is 5.49. The van der Waals surface area contributed by atoms with Crippen molar-refractivity contribution in [1.29, 1.82) is 0 Å². The smallest absolute Gasteiger partial charge is 0.251 e. The third-order valence-electron chi connectivity index (χ3n) is 5.50. The van der Waals surface area contributed by atoms with Crippen molar-refractivity contribution in [2.75, 3.05) is 26.2 Å². The predicted molar refractivity (Wildman–Crippen MR) is 124 cm³/mol. The number of nitrogens with zero attached hydrogens (tertiary/aromatic N) is 2. The Morgan fingerprint density at radius 1 is 1.00 bits per heavy atom. The first kappa shape index (κ1) is 24.2. The number of hydrogen-bond acceptors (Lipinski definition) is 4. The number of benzene rings is 2. The highest BCUT2D eigenvalue weighted by Crippen LogP contribution is 2.20. The van der Waals surface area contributed by atoms with Crippen molar-refractivity contribution in [3.8, 4) is 0 Å². The van der Waals surface area contributed by atoms with Gasteiger partial charge in [-0.05, 0) is 49.2 Å². The molecule has 0 aliphatic carbocycles. The van der Waals surface area contributed by atoms with Crippen molar-refractivity contribution in [2.45, 2.75) is 31.7 Å². The van der Waals surface area contributed by atoms with E-state index in [9.17, 15) is 18.0 Å². The zero-order valence-corrected chi connectivity index (χ0v) is 20.0. The number of carbonyl (C=O) groups excluding carboxylic acids is 2. The lowest BCUT2D eigenvalue weighted by Crippen LogP contribution is -2.57. The molecular weight excluding hydrogens is 450 g/mol. The maximum atomic E-state index is 13.2. The van der Waals surface area contributed by atoms with E-state index in [-0.39, 0.29) is 48.8 Å². The molecular formula is C23H28ClN3O4S. The molecule has 0 unspecified atom stereocenters. The standard InChI is InChI=1S/C23H28ClN3O4S/c1-16(2)21(25-22(28)18-6-4-5-17(3)15-18)23(29)26-11-13-27(14-12-26)32(30,31)20-9-7-19(24)8-10-20/h4-10,15-16,21H,11-14H2,1-3H3,(H,25,28)/t21-/m0/s1. The number of aryl methyl sites for hydroxylation is 1. The van der Waals surface area contributed by atoms with Gasteiger partial charge in [-0.2, -0.15) is 4.31 Å². The summed E-state index contributed by atoms with van der Waals surface area (Å²) in [5, 5.41) is 3.32. The molecule has 1 saturated heterocycles. The van der Waals surface area contributed by atoms with Crippen molar-refractivity contribution in [2.24, 2.45) is 5.92 Å². The molecule has 1 N–H and O–H groups in total. The van der Waals surface area contributed by atoms with E-state index < -0.39 is 16.1 Å². The molecule has 0 aromatic heterocycles. The van der Waals surface area contributed by atoms with Crippen molar-refractivity contribution in [1.82, 2.24) is 14.5 Å². The van der Waals surface area contributed by atoms with Crippen LogP contribution in [0.1, 0.15) is 29.8 Å². The molecule has 0 radical (unpaired) electrons. The largest absolute Gasteiger partial charge is 0.340 e. The molecule has 0 bridgehead atoms. The second-order valence-electron chi connectivity index (χ2n) is 8.25. The SMILES string of the molecule is Cc1cccc(C(=O)N[C@H](C(=O)N2CCN(S(=O)(=O)c3ccc(Cl)cc3)CC2)C(C)C)c1. The highest BCUT2D eigenvalue weighted by molar-refractivity contribution is 7.89. The number of carbonyl (C=O) groups is 2. The van der Waals surface area contributed by atoms with Crippen LogP contribution in [0.4, 0.5) is 0 Å². The van der Waals surface area contributed by atoms with Gasteiger partial charge in [0.15, 0.2) is 0 Å². The van der Waals surface area contributed by atoms with Crippen LogP contribution < -0.4 is 5.32 Å². The number of hydrogen-bond donors (Lipinski definition) is 1. The molecule has 1 heterocycles. The van der Waals surface area contributed by atoms with Crippen molar-refractivity contribution in [3.63, 3.8) is 0 Å². The van der Waals surface area contributed by atoms with Crippen LogP contribution in [0.25, 0.3) is 0 Å². The fraction of sp³-hybridized carbons (Fsp3) is 0.391. The lowest BCUT2D eigenvalue weighted by atomic mass is 10.0. The molecule has 9 heteroatoms. The van der Waals surface area contributed by atoms with Gasteiger partial charge in [0, 0.05) is 36.8 Å². The van der Waals surface area contributed by atoms with Crippen LogP contribution in [-0.2, 0) is 14.8 Å². The summed E-state index contributed by atoms with van der Waals surface area (Å²) in [6, 6.07) is 12.5. The maximum Gasteiger partial charge on any atom is 0.251 e. The molecule has 1 aliphatic heterocycles. The Balaban J connectivity index is 1.65. The summed E-state index contributed by atoms with van der Waals surface area (Å²) in [5.41, 5.74) is 1.46. The number of rotatable bonds is 6. The Hall–Kier alpha value is -2.42. The molecule has 7 nitrogen and oxygen atoms in total. The summed E-state index contributed by atoms with van der Waals surface area (Å²) in [6.07, 6.45) is 0. The normalized spacial score (nSPS) is 16.1. The van der Waals surface area contributed by atoms with Gasteiger partial charge in [0.25, 0.3) is 5.91 Å². The number of halogens is 1. The molecule has 2 aromatic rings. The van der Waals surface area contributed by atoms with E-state index in [1.807, 2.05) is 26.8 Å². The highest BCUT2D eigenvalue weighted by atomic mass is 35.5. The van der Waals surface area contributed by atoms with E-state index in [1.54, 1.807) is 35.2 Å². The molecule has 172 valence electrons. The number of amides is 2. The van der Waals surface area contributed by atoms with Gasteiger partial charge in [0.05, 0.1) is 4.90 Å². The summed E-state index contributed by atoms with van der Waals surface area (Å²) in [7, 11) is -3.66. The Morgan fingerprint density at radius 3 is 2.19 bits per heavy atom. The van der Waals surface area contributed by atoms with Crippen molar-refractivity contribution in [3.05, 3.63) is 64.7 Å². The molecule has 3 rings (SSSR count). The number of piperazine rings is 1. The summed E-state index contributed by atoms with van der Waals surface area (Å²) >= 11 is 5.86. The topological polar surface area (TPSA) is 86.8 Å². The van der Waals surface area contributed by atoms with E-state index in [0.29, 0.717) is 10.6 Å². The highest BCUT2D eigenvalue weighted by Gasteiger charge is 2.34. The zero-order valence-electron chi connectivity index (χ0n) is 18.4. The van der Waals surface area contributed by atoms with Gasteiger partial charge < -0.3 is 10.2 Å².